The Bertz CT molecular complexity index is 1300. The van der Waals surface area contributed by atoms with Gasteiger partial charge in [0.05, 0.1) is 30.4 Å². The lowest BCUT2D eigenvalue weighted by Crippen LogP contribution is -2.27. The summed E-state index contributed by atoms with van der Waals surface area (Å²) in [5.74, 6) is 0.777. The number of aryl methyl sites for hydroxylation is 1. The van der Waals surface area contributed by atoms with Crippen LogP contribution in [0.2, 0.25) is 0 Å². The molecule has 9 heteroatoms. The number of nitrogens with zero attached hydrogens (tertiary/aromatic N) is 6. The van der Waals surface area contributed by atoms with Crippen molar-refractivity contribution in [2.24, 2.45) is 7.05 Å². The van der Waals surface area contributed by atoms with E-state index in [-0.39, 0.29) is 18.0 Å². The highest BCUT2D eigenvalue weighted by Crippen LogP contribution is 2.25. The summed E-state index contributed by atoms with van der Waals surface area (Å²) < 4.78 is 8.85. The first-order valence-corrected chi connectivity index (χ1v) is 10.6. The van der Waals surface area contributed by atoms with Crippen LogP contribution in [0.3, 0.4) is 0 Å². The Morgan fingerprint density at radius 1 is 1.15 bits per heavy atom. The zero-order valence-corrected chi connectivity index (χ0v) is 19.0. The van der Waals surface area contributed by atoms with E-state index in [2.05, 4.69) is 20.2 Å². The molecule has 0 aliphatic rings. The molecule has 0 amide bonds. The highest BCUT2D eigenvalue weighted by Gasteiger charge is 2.17. The Kier molecular flexibility index (Phi) is 6.06. The molecule has 0 saturated heterocycles. The van der Waals surface area contributed by atoms with Gasteiger partial charge in [0, 0.05) is 30.8 Å². The molecular weight excluding hydrogens is 420 g/mol. The van der Waals surface area contributed by atoms with Gasteiger partial charge in [-0.2, -0.15) is 10.2 Å². The average molecular weight is 447 g/mol. The van der Waals surface area contributed by atoms with Crippen LogP contribution in [-0.2, 0) is 7.05 Å². The summed E-state index contributed by atoms with van der Waals surface area (Å²) in [7, 11) is 1.83. The minimum Gasteiger partial charge on any atom is -0.487 e. The van der Waals surface area contributed by atoms with E-state index in [4.69, 9.17) is 4.74 Å². The normalized spacial score (nSPS) is 12.5. The molecule has 9 nitrogen and oxygen atoms in total. The second-order valence-electron chi connectivity index (χ2n) is 8.57. The molecule has 0 saturated carbocycles. The molecule has 4 rings (SSSR count). The molecule has 0 aliphatic carbocycles. The molecule has 1 N–H and O–H groups in total. The van der Waals surface area contributed by atoms with Gasteiger partial charge in [0.2, 0.25) is 5.43 Å². The first-order valence-electron chi connectivity index (χ1n) is 10.6. The van der Waals surface area contributed by atoms with Crippen molar-refractivity contribution in [1.82, 2.24) is 29.5 Å². The summed E-state index contributed by atoms with van der Waals surface area (Å²) in [5.41, 5.74) is 1.89. The lowest BCUT2D eigenvalue weighted by Gasteiger charge is -2.17. The number of aromatic nitrogens is 6. The zero-order chi connectivity index (χ0) is 23.6. The van der Waals surface area contributed by atoms with Crippen LogP contribution in [0.5, 0.6) is 5.75 Å². The van der Waals surface area contributed by atoms with Gasteiger partial charge in [0.1, 0.15) is 18.0 Å². The summed E-state index contributed by atoms with van der Waals surface area (Å²) in [4.78, 5) is 21.4. The van der Waals surface area contributed by atoms with Crippen LogP contribution in [0.15, 0.2) is 66.1 Å². The van der Waals surface area contributed by atoms with Crippen molar-refractivity contribution in [1.29, 1.82) is 0 Å². The van der Waals surface area contributed by atoms with Crippen LogP contribution in [0.25, 0.3) is 17.1 Å². The minimum atomic E-state index is -0.940. The topological polar surface area (TPSA) is 108 Å². The number of aliphatic hydroxyl groups is 1. The highest BCUT2D eigenvalue weighted by atomic mass is 16.5. The third-order valence-corrected chi connectivity index (χ3v) is 5.07. The summed E-state index contributed by atoms with van der Waals surface area (Å²) in [5, 5.41) is 18.5. The van der Waals surface area contributed by atoms with Crippen LogP contribution >= 0.6 is 0 Å². The summed E-state index contributed by atoms with van der Waals surface area (Å²) in [6.07, 6.45) is 8.32. The fourth-order valence-electron chi connectivity index (χ4n) is 3.30. The van der Waals surface area contributed by atoms with Gasteiger partial charge in [-0.05, 0) is 25.5 Å². The fraction of sp³-hybridized carbons (Fsp3) is 0.292. The van der Waals surface area contributed by atoms with Crippen LogP contribution in [0.4, 0.5) is 0 Å². The largest absolute Gasteiger partial charge is 0.487 e. The molecule has 1 aromatic carbocycles. The smallest absolute Gasteiger partial charge is 0.203 e. The highest BCUT2D eigenvalue weighted by molar-refractivity contribution is 5.57. The summed E-state index contributed by atoms with van der Waals surface area (Å²) in [6.45, 7) is 5.43. The van der Waals surface area contributed by atoms with E-state index in [0.717, 1.165) is 16.8 Å². The van der Waals surface area contributed by atoms with E-state index in [9.17, 15) is 9.90 Å². The third kappa shape index (κ3) is 5.32. The molecule has 1 atom stereocenters. The Morgan fingerprint density at radius 2 is 1.91 bits per heavy atom. The summed E-state index contributed by atoms with van der Waals surface area (Å²) >= 11 is 0. The maximum Gasteiger partial charge on any atom is 0.203 e. The van der Waals surface area contributed by atoms with E-state index in [1.165, 1.54) is 6.07 Å². The molecule has 0 radical (unpaired) electrons. The van der Waals surface area contributed by atoms with Gasteiger partial charge in [0.25, 0.3) is 0 Å². The van der Waals surface area contributed by atoms with Gasteiger partial charge in [-0.25, -0.2) is 14.6 Å². The molecule has 3 aromatic heterocycles. The van der Waals surface area contributed by atoms with Gasteiger partial charge >= 0.3 is 0 Å². The van der Waals surface area contributed by atoms with Crippen LogP contribution < -0.4 is 10.2 Å². The molecule has 0 spiro atoms. The van der Waals surface area contributed by atoms with E-state index >= 15 is 0 Å². The number of ether oxygens (including phenoxy) is 1. The molecule has 4 aromatic rings. The maximum atomic E-state index is 12.6. The predicted octanol–water partition coefficient (Wildman–Crippen LogP) is 2.72. The standard InChI is InChI=1S/C24H26N6O3/c1-16(22-21(31)8-9-30(28-22)19-11-27-29(4)14-19)17-6-5-7-18(10-17)23-25-12-20(13-26-23)33-15-24(2,3)32/h5-14,16,32H,15H2,1-4H3/t16-/m0/s1. The van der Waals surface area contributed by atoms with Crippen molar-refractivity contribution in [2.45, 2.75) is 32.3 Å². The lowest BCUT2D eigenvalue weighted by atomic mass is 9.95. The van der Waals surface area contributed by atoms with Crippen molar-refractivity contribution in [3.63, 3.8) is 0 Å². The van der Waals surface area contributed by atoms with E-state index < -0.39 is 5.60 Å². The van der Waals surface area contributed by atoms with E-state index in [1.807, 2.05) is 44.4 Å². The Balaban J connectivity index is 1.58. The number of rotatable bonds is 7. The molecule has 0 bridgehead atoms. The van der Waals surface area contributed by atoms with Gasteiger partial charge in [-0.1, -0.05) is 25.1 Å². The number of hydrogen-bond donors (Lipinski definition) is 1. The molecule has 170 valence electrons. The van der Waals surface area contributed by atoms with Gasteiger partial charge in [0.15, 0.2) is 11.6 Å². The molecule has 0 fully saturated rings. The molecular formula is C24H26N6O3. The second kappa shape index (κ2) is 8.95. The van der Waals surface area contributed by atoms with Gasteiger partial charge in [-0.15, -0.1) is 0 Å². The van der Waals surface area contributed by atoms with E-state index in [1.54, 1.807) is 48.0 Å². The molecule has 3 heterocycles. The first kappa shape index (κ1) is 22.3. The Labute approximate surface area is 191 Å². The number of hydrogen-bond acceptors (Lipinski definition) is 7. The third-order valence-electron chi connectivity index (χ3n) is 5.07. The van der Waals surface area contributed by atoms with Crippen molar-refractivity contribution in [3.05, 3.63) is 82.8 Å². The van der Waals surface area contributed by atoms with Gasteiger partial charge < -0.3 is 9.84 Å². The first-order chi connectivity index (χ1) is 15.7. The Morgan fingerprint density at radius 3 is 2.58 bits per heavy atom. The lowest BCUT2D eigenvalue weighted by molar-refractivity contribution is 0.0282. The quantitative estimate of drug-likeness (QED) is 0.465. The van der Waals surface area contributed by atoms with Crippen LogP contribution in [-0.4, -0.2) is 46.8 Å². The minimum absolute atomic E-state index is 0.127. The van der Waals surface area contributed by atoms with Gasteiger partial charge in [-0.3, -0.25) is 9.48 Å². The molecule has 0 aliphatic heterocycles. The average Bonchev–Trinajstić information content (AvgIpc) is 3.24. The zero-order valence-electron chi connectivity index (χ0n) is 19.0. The van der Waals surface area contributed by atoms with Crippen LogP contribution in [0, 0.1) is 0 Å². The summed E-state index contributed by atoms with van der Waals surface area (Å²) in [6, 6.07) is 9.25. The fourth-order valence-corrected chi connectivity index (χ4v) is 3.30. The number of benzene rings is 1. The maximum absolute atomic E-state index is 12.6. The van der Waals surface area contributed by atoms with Crippen molar-refractivity contribution in [2.75, 3.05) is 6.61 Å². The van der Waals surface area contributed by atoms with Crippen molar-refractivity contribution in [3.8, 4) is 22.8 Å². The SMILES string of the molecule is C[C@@H](c1cccc(-c2ncc(OCC(C)(C)O)cn2)c1)c1nn(-c2cnn(C)c2)ccc1=O. The van der Waals surface area contributed by atoms with Crippen molar-refractivity contribution < 1.29 is 9.84 Å². The van der Waals surface area contributed by atoms with E-state index in [0.29, 0.717) is 17.3 Å². The molecule has 0 unspecified atom stereocenters. The molecule has 33 heavy (non-hydrogen) atoms. The Hall–Kier alpha value is -3.85. The second-order valence-corrected chi connectivity index (χ2v) is 8.57. The predicted molar refractivity (Wildman–Crippen MR) is 123 cm³/mol. The van der Waals surface area contributed by atoms with Crippen LogP contribution in [0.1, 0.15) is 37.9 Å². The van der Waals surface area contributed by atoms with Crippen molar-refractivity contribution >= 4 is 0 Å². The monoisotopic (exact) mass is 446 g/mol.